The first kappa shape index (κ1) is 15.0. The topological polar surface area (TPSA) is 46.5 Å². The number of benzene rings is 1. The van der Waals surface area contributed by atoms with E-state index in [0.717, 1.165) is 12.8 Å². The molecule has 0 radical (unpaired) electrons. The van der Waals surface area contributed by atoms with Gasteiger partial charge < -0.3 is 9.84 Å². The van der Waals surface area contributed by atoms with Gasteiger partial charge in [-0.05, 0) is 51.5 Å². The Labute approximate surface area is 121 Å². The number of rotatable bonds is 4. The van der Waals surface area contributed by atoms with E-state index in [4.69, 9.17) is 4.74 Å². The average molecular weight is 276 g/mol. The Kier molecular flexibility index (Phi) is 4.19. The molecule has 3 unspecified atom stereocenters. The van der Waals surface area contributed by atoms with E-state index in [1.165, 1.54) is 5.56 Å². The Balaban J connectivity index is 2.17. The molecule has 0 heterocycles. The first-order valence-electron chi connectivity index (χ1n) is 7.35. The summed E-state index contributed by atoms with van der Waals surface area (Å²) in [6, 6.07) is 10.1. The molecule has 1 aliphatic rings. The second kappa shape index (κ2) is 5.57. The molecule has 3 atom stereocenters. The number of ether oxygens (including phenoxy) is 1. The molecule has 3 nitrogen and oxygen atoms in total. The second-order valence-electron chi connectivity index (χ2n) is 6.13. The predicted octanol–water partition coefficient (Wildman–Crippen LogP) is 2.96. The zero-order valence-corrected chi connectivity index (χ0v) is 12.6. The molecule has 1 aliphatic carbocycles. The number of esters is 1. The van der Waals surface area contributed by atoms with Gasteiger partial charge in [0.05, 0.1) is 17.6 Å². The fourth-order valence-corrected chi connectivity index (χ4v) is 3.25. The highest BCUT2D eigenvalue weighted by molar-refractivity contribution is 5.78. The minimum Gasteiger partial charge on any atom is -0.465 e. The fraction of sp³-hybridized carbons (Fsp3) is 0.588. The maximum atomic E-state index is 12.2. The molecule has 20 heavy (non-hydrogen) atoms. The molecule has 1 aromatic rings. The molecule has 0 amide bonds. The number of carbonyl (C=O) groups is 1. The summed E-state index contributed by atoms with van der Waals surface area (Å²) < 4.78 is 5.16. The van der Waals surface area contributed by atoms with Gasteiger partial charge in [-0.15, -0.1) is 0 Å². The van der Waals surface area contributed by atoms with E-state index < -0.39 is 11.0 Å². The van der Waals surface area contributed by atoms with E-state index in [9.17, 15) is 9.90 Å². The molecule has 1 fully saturated rings. The molecule has 0 aliphatic heterocycles. The van der Waals surface area contributed by atoms with Crippen LogP contribution in [0.4, 0.5) is 0 Å². The molecular weight excluding hydrogens is 252 g/mol. The lowest BCUT2D eigenvalue weighted by Crippen LogP contribution is -2.49. The third kappa shape index (κ3) is 2.47. The zero-order valence-electron chi connectivity index (χ0n) is 12.6. The normalized spacial score (nSPS) is 33.1. The van der Waals surface area contributed by atoms with E-state index in [1.807, 2.05) is 25.1 Å². The van der Waals surface area contributed by atoms with Crippen molar-refractivity contribution < 1.29 is 14.6 Å². The SMILES string of the molecule is CCOC(=O)C1(C)CCC(Cc2ccccc2)C1(C)O. The van der Waals surface area contributed by atoms with Gasteiger partial charge in [0.15, 0.2) is 0 Å². The van der Waals surface area contributed by atoms with Gasteiger partial charge in [0.25, 0.3) is 0 Å². The van der Waals surface area contributed by atoms with Crippen molar-refractivity contribution in [3.8, 4) is 0 Å². The highest BCUT2D eigenvalue weighted by Crippen LogP contribution is 2.51. The Bertz CT molecular complexity index is 466. The van der Waals surface area contributed by atoms with Crippen molar-refractivity contribution in [2.24, 2.45) is 11.3 Å². The van der Waals surface area contributed by atoms with Gasteiger partial charge in [-0.25, -0.2) is 0 Å². The quantitative estimate of drug-likeness (QED) is 0.860. The van der Waals surface area contributed by atoms with Crippen LogP contribution in [0.25, 0.3) is 0 Å². The maximum Gasteiger partial charge on any atom is 0.314 e. The number of carbonyl (C=O) groups excluding carboxylic acids is 1. The molecule has 0 aromatic heterocycles. The Morgan fingerprint density at radius 1 is 1.35 bits per heavy atom. The van der Waals surface area contributed by atoms with E-state index in [0.29, 0.717) is 13.0 Å². The molecule has 1 aromatic carbocycles. The third-order valence-corrected chi connectivity index (χ3v) is 4.96. The molecule has 0 spiro atoms. The second-order valence-corrected chi connectivity index (χ2v) is 6.13. The lowest BCUT2D eigenvalue weighted by molar-refractivity contribution is -0.170. The number of aliphatic hydroxyl groups is 1. The highest BCUT2D eigenvalue weighted by atomic mass is 16.5. The van der Waals surface area contributed by atoms with Crippen LogP contribution in [-0.4, -0.2) is 23.3 Å². The smallest absolute Gasteiger partial charge is 0.314 e. The molecular formula is C17H24O3. The summed E-state index contributed by atoms with van der Waals surface area (Å²) >= 11 is 0. The van der Waals surface area contributed by atoms with E-state index >= 15 is 0 Å². The predicted molar refractivity (Wildman–Crippen MR) is 78.2 cm³/mol. The monoisotopic (exact) mass is 276 g/mol. The van der Waals surface area contributed by atoms with Crippen molar-refractivity contribution in [2.75, 3.05) is 6.61 Å². The number of hydrogen-bond acceptors (Lipinski definition) is 3. The highest BCUT2D eigenvalue weighted by Gasteiger charge is 2.58. The molecule has 3 heteroatoms. The van der Waals surface area contributed by atoms with Crippen LogP contribution in [0.3, 0.4) is 0 Å². The van der Waals surface area contributed by atoms with Crippen molar-refractivity contribution in [1.29, 1.82) is 0 Å². The van der Waals surface area contributed by atoms with Crippen molar-refractivity contribution >= 4 is 5.97 Å². The van der Waals surface area contributed by atoms with E-state index in [2.05, 4.69) is 12.1 Å². The van der Waals surface area contributed by atoms with Crippen LogP contribution in [0, 0.1) is 11.3 Å². The Morgan fingerprint density at radius 2 is 2.00 bits per heavy atom. The molecule has 0 bridgehead atoms. The molecule has 1 saturated carbocycles. The van der Waals surface area contributed by atoms with Gasteiger partial charge in [0.1, 0.15) is 0 Å². The van der Waals surface area contributed by atoms with Crippen molar-refractivity contribution in [3.63, 3.8) is 0 Å². The van der Waals surface area contributed by atoms with Crippen LogP contribution in [0.5, 0.6) is 0 Å². The lowest BCUT2D eigenvalue weighted by Gasteiger charge is -2.38. The van der Waals surface area contributed by atoms with Gasteiger partial charge in [-0.3, -0.25) is 4.79 Å². The zero-order chi connectivity index (χ0) is 14.8. The molecule has 0 saturated heterocycles. The first-order chi connectivity index (χ1) is 9.41. The lowest BCUT2D eigenvalue weighted by atomic mass is 9.72. The summed E-state index contributed by atoms with van der Waals surface area (Å²) in [5, 5.41) is 10.9. The minimum atomic E-state index is -1.03. The molecule has 110 valence electrons. The van der Waals surface area contributed by atoms with E-state index in [1.54, 1.807) is 13.8 Å². The van der Waals surface area contributed by atoms with Gasteiger partial charge in [-0.2, -0.15) is 0 Å². The van der Waals surface area contributed by atoms with E-state index in [-0.39, 0.29) is 11.9 Å². The molecule has 1 N–H and O–H groups in total. The summed E-state index contributed by atoms with van der Waals surface area (Å²) in [6.07, 6.45) is 2.32. The van der Waals surface area contributed by atoms with Gasteiger partial charge in [0.2, 0.25) is 0 Å². The Morgan fingerprint density at radius 3 is 2.60 bits per heavy atom. The van der Waals surface area contributed by atoms with Crippen LogP contribution in [0.15, 0.2) is 30.3 Å². The standard InChI is InChI=1S/C17H24O3/c1-4-20-15(18)16(2)11-10-14(17(16,3)19)12-13-8-6-5-7-9-13/h5-9,14,19H,4,10-12H2,1-3H3. The van der Waals surface area contributed by atoms with Gasteiger partial charge >= 0.3 is 5.97 Å². The fourth-order valence-electron chi connectivity index (χ4n) is 3.25. The van der Waals surface area contributed by atoms with Crippen LogP contribution in [0.1, 0.15) is 39.2 Å². The van der Waals surface area contributed by atoms with Crippen LogP contribution < -0.4 is 0 Å². The van der Waals surface area contributed by atoms with Crippen molar-refractivity contribution in [3.05, 3.63) is 35.9 Å². The minimum absolute atomic E-state index is 0.0827. The van der Waals surface area contributed by atoms with Gasteiger partial charge in [-0.1, -0.05) is 30.3 Å². The summed E-state index contributed by atoms with van der Waals surface area (Å²) in [5.74, 6) is -0.195. The third-order valence-electron chi connectivity index (χ3n) is 4.96. The van der Waals surface area contributed by atoms with Gasteiger partial charge in [0, 0.05) is 0 Å². The first-order valence-corrected chi connectivity index (χ1v) is 7.35. The van der Waals surface area contributed by atoms with Crippen LogP contribution in [-0.2, 0) is 16.0 Å². The maximum absolute atomic E-state index is 12.2. The Hall–Kier alpha value is -1.35. The molecule has 2 rings (SSSR count). The largest absolute Gasteiger partial charge is 0.465 e. The van der Waals surface area contributed by atoms with Crippen LogP contribution >= 0.6 is 0 Å². The summed E-state index contributed by atoms with van der Waals surface area (Å²) in [5.41, 5.74) is -0.636. The van der Waals surface area contributed by atoms with Crippen molar-refractivity contribution in [2.45, 2.75) is 45.6 Å². The summed E-state index contributed by atoms with van der Waals surface area (Å²) in [7, 11) is 0. The average Bonchev–Trinajstić information content (AvgIpc) is 2.65. The summed E-state index contributed by atoms with van der Waals surface area (Å²) in [6.45, 7) is 5.76. The van der Waals surface area contributed by atoms with Crippen molar-refractivity contribution in [1.82, 2.24) is 0 Å². The van der Waals surface area contributed by atoms with Crippen LogP contribution in [0.2, 0.25) is 0 Å². The summed E-state index contributed by atoms with van der Waals surface area (Å²) in [4.78, 5) is 12.2. The number of hydrogen-bond donors (Lipinski definition) is 1.